The quantitative estimate of drug-likeness (QED) is 0.871. The largest absolute Gasteiger partial charge is 0.376 e. The van der Waals surface area contributed by atoms with Crippen LogP contribution in [0.5, 0.6) is 0 Å². The molecule has 2 rings (SSSR count). The molecule has 0 spiro atoms. The lowest BCUT2D eigenvalue weighted by Crippen LogP contribution is -2.00. The van der Waals surface area contributed by atoms with E-state index < -0.39 is 0 Å². The predicted octanol–water partition coefficient (Wildman–Crippen LogP) is 3.92. The van der Waals surface area contributed by atoms with E-state index in [4.69, 9.17) is 16.1 Å². The molecule has 0 atom stereocenters. The fraction of sp³-hybridized carbons (Fsp3) is 0.429. The topological polar surface area (TPSA) is 51.0 Å². The van der Waals surface area contributed by atoms with Gasteiger partial charge in [-0.05, 0) is 30.5 Å². The molecule has 1 aromatic heterocycles. The van der Waals surface area contributed by atoms with Gasteiger partial charge >= 0.3 is 0 Å². The number of aromatic nitrogens is 2. The van der Waals surface area contributed by atoms with Crippen LogP contribution >= 0.6 is 11.6 Å². The summed E-state index contributed by atoms with van der Waals surface area (Å²) in [6.45, 7) is 4.87. The number of halogens is 1. The van der Waals surface area contributed by atoms with E-state index in [1.165, 1.54) is 0 Å². The van der Waals surface area contributed by atoms with Crippen molar-refractivity contribution in [1.29, 1.82) is 0 Å². The number of hydrogen-bond acceptors (Lipinski definition) is 4. The fourth-order valence-electron chi connectivity index (χ4n) is 1.66. The van der Waals surface area contributed by atoms with Gasteiger partial charge in [0.15, 0.2) is 5.82 Å². The van der Waals surface area contributed by atoms with Gasteiger partial charge in [-0.15, -0.1) is 0 Å². The molecule has 0 saturated heterocycles. The number of hydrogen-bond donors (Lipinski definition) is 1. The van der Waals surface area contributed by atoms with Crippen LogP contribution in [0.25, 0.3) is 0 Å². The van der Waals surface area contributed by atoms with Crippen molar-refractivity contribution >= 4 is 17.3 Å². The molecule has 0 radical (unpaired) electrons. The zero-order chi connectivity index (χ0) is 13.7. The van der Waals surface area contributed by atoms with Crippen LogP contribution in [0.4, 0.5) is 5.69 Å². The van der Waals surface area contributed by atoms with E-state index in [0.29, 0.717) is 23.4 Å². The van der Waals surface area contributed by atoms with E-state index in [2.05, 4.69) is 29.3 Å². The third kappa shape index (κ3) is 4.56. The van der Waals surface area contributed by atoms with Crippen LogP contribution in [0.3, 0.4) is 0 Å². The first-order chi connectivity index (χ1) is 9.13. The molecule has 5 heteroatoms. The number of nitrogens with zero attached hydrogens (tertiary/aromatic N) is 2. The summed E-state index contributed by atoms with van der Waals surface area (Å²) in [4.78, 5) is 4.35. The molecule has 0 amide bonds. The first-order valence-electron chi connectivity index (χ1n) is 6.44. The fourth-order valence-corrected chi connectivity index (χ4v) is 1.85. The van der Waals surface area contributed by atoms with Crippen molar-refractivity contribution in [3.8, 4) is 0 Å². The summed E-state index contributed by atoms with van der Waals surface area (Å²) in [5.41, 5.74) is 0.939. The van der Waals surface area contributed by atoms with Crippen LogP contribution in [0.15, 0.2) is 28.8 Å². The molecule has 0 aliphatic carbocycles. The summed E-state index contributed by atoms with van der Waals surface area (Å²) < 4.78 is 5.19. The predicted molar refractivity (Wildman–Crippen MR) is 76.2 cm³/mol. The Morgan fingerprint density at radius 2 is 2.21 bits per heavy atom. The first kappa shape index (κ1) is 13.9. The molecule has 0 fully saturated rings. The SMILES string of the molecule is CC(C)CCc1noc(CNc2cccc(Cl)c2)n1. The first-order valence-corrected chi connectivity index (χ1v) is 6.82. The summed E-state index contributed by atoms with van der Waals surface area (Å²) in [7, 11) is 0. The third-order valence-electron chi connectivity index (χ3n) is 2.72. The minimum absolute atomic E-state index is 0.509. The lowest BCUT2D eigenvalue weighted by Gasteiger charge is -2.02. The van der Waals surface area contributed by atoms with E-state index in [-0.39, 0.29) is 0 Å². The molecule has 0 saturated carbocycles. The molecule has 1 N–H and O–H groups in total. The van der Waals surface area contributed by atoms with Gasteiger partial charge in [0, 0.05) is 17.1 Å². The van der Waals surface area contributed by atoms with E-state index in [0.717, 1.165) is 24.4 Å². The molecular weight excluding hydrogens is 262 g/mol. The van der Waals surface area contributed by atoms with Gasteiger partial charge in [-0.1, -0.05) is 36.7 Å². The lowest BCUT2D eigenvalue weighted by atomic mass is 10.1. The van der Waals surface area contributed by atoms with E-state index in [1.54, 1.807) is 0 Å². The second kappa shape index (κ2) is 6.57. The van der Waals surface area contributed by atoms with Crippen molar-refractivity contribution < 1.29 is 4.52 Å². The van der Waals surface area contributed by atoms with E-state index in [1.807, 2.05) is 24.3 Å². The number of rotatable bonds is 6. The Morgan fingerprint density at radius 1 is 1.37 bits per heavy atom. The zero-order valence-corrected chi connectivity index (χ0v) is 11.9. The summed E-state index contributed by atoms with van der Waals surface area (Å²) in [5.74, 6) is 2.02. The van der Waals surface area contributed by atoms with Crippen molar-refractivity contribution in [1.82, 2.24) is 10.1 Å². The maximum atomic E-state index is 5.91. The second-order valence-corrected chi connectivity index (χ2v) is 5.34. The third-order valence-corrected chi connectivity index (χ3v) is 2.96. The normalized spacial score (nSPS) is 10.9. The van der Waals surface area contributed by atoms with Crippen molar-refractivity contribution in [2.24, 2.45) is 5.92 Å². The van der Waals surface area contributed by atoms with Gasteiger partial charge in [-0.2, -0.15) is 4.98 Å². The molecular formula is C14H18ClN3O. The van der Waals surface area contributed by atoms with Crippen molar-refractivity contribution in [3.63, 3.8) is 0 Å². The minimum atomic E-state index is 0.509. The van der Waals surface area contributed by atoms with Crippen LogP contribution in [0.2, 0.25) is 5.02 Å². The van der Waals surface area contributed by atoms with E-state index in [9.17, 15) is 0 Å². The Kier molecular flexibility index (Phi) is 4.80. The van der Waals surface area contributed by atoms with Crippen LogP contribution < -0.4 is 5.32 Å². The molecule has 0 aliphatic rings. The number of benzene rings is 1. The summed E-state index contributed by atoms with van der Waals surface area (Å²) in [6.07, 6.45) is 1.93. The summed E-state index contributed by atoms with van der Waals surface area (Å²) >= 11 is 5.91. The van der Waals surface area contributed by atoms with Gasteiger partial charge in [0.05, 0.1) is 6.54 Å². The van der Waals surface area contributed by atoms with Crippen molar-refractivity contribution in [3.05, 3.63) is 41.0 Å². The Bertz CT molecular complexity index is 525. The van der Waals surface area contributed by atoms with Gasteiger partial charge in [-0.25, -0.2) is 0 Å². The van der Waals surface area contributed by atoms with E-state index >= 15 is 0 Å². The maximum Gasteiger partial charge on any atom is 0.245 e. The average Bonchev–Trinajstić information content (AvgIpc) is 2.82. The zero-order valence-electron chi connectivity index (χ0n) is 11.2. The smallest absolute Gasteiger partial charge is 0.245 e. The number of aryl methyl sites for hydroxylation is 1. The van der Waals surface area contributed by atoms with Crippen molar-refractivity contribution in [2.45, 2.75) is 33.2 Å². The van der Waals surface area contributed by atoms with Gasteiger partial charge in [0.1, 0.15) is 0 Å². The highest BCUT2D eigenvalue weighted by Crippen LogP contribution is 2.15. The van der Waals surface area contributed by atoms with Crippen LogP contribution in [0.1, 0.15) is 32.0 Å². The molecule has 0 aliphatic heterocycles. The maximum absolute atomic E-state index is 5.91. The minimum Gasteiger partial charge on any atom is -0.376 e. The van der Waals surface area contributed by atoms with Crippen LogP contribution in [-0.4, -0.2) is 10.1 Å². The van der Waals surface area contributed by atoms with Gasteiger partial charge in [0.2, 0.25) is 5.89 Å². The molecule has 0 unspecified atom stereocenters. The Hall–Kier alpha value is -1.55. The van der Waals surface area contributed by atoms with Crippen LogP contribution in [0, 0.1) is 5.92 Å². The monoisotopic (exact) mass is 279 g/mol. The highest BCUT2D eigenvalue weighted by Gasteiger charge is 2.07. The van der Waals surface area contributed by atoms with Gasteiger partial charge in [0.25, 0.3) is 0 Å². The van der Waals surface area contributed by atoms with Gasteiger partial charge in [-0.3, -0.25) is 0 Å². The highest BCUT2D eigenvalue weighted by atomic mass is 35.5. The number of anilines is 1. The molecule has 1 heterocycles. The summed E-state index contributed by atoms with van der Waals surface area (Å²) in [5, 5.41) is 7.87. The molecule has 102 valence electrons. The van der Waals surface area contributed by atoms with Gasteiger partial charge < -0.3 is 9.84 Å². The molecule has 0 bridgehead atoms. The van der Waals surface area contributed by atoms with Crippen LogP contribution in [-0.2, 0) is 13.0 Å². The molecule has 19 heavy (non-hydrogen) atoms. The Labute approximate surface area is 118 Å². The Morgan fingerprint density at radius 3 is 2.95 bits per heavy atom. The Balaban J connectivity index is 1.86. The molecule has 2 aromatic rings. The van der Waals surface area contributed by atoms with Crippen molar-refractivity contribution in [2.75, 3.05) is 5.32 Å². The lowest BCUT2D eigenvalue weighted by molar-refractivity contribution is 0.376. The standard InChI is InChI=1S/C14H18ClN3O/c1-10(2)6-7-13-17-14(19-18-13)9-16-12-5-3-4-11(15)8-12/h3-5,8,10,16H,6-7,9H2,1-2H3. The average molecular weight is 280 g/mol. The summed E-state index contributed by atoms with van der Waals surface area (Å²) in [6, 6.07) is 7.54. The number of nitrogens with one attached hydrogen (secondary N) is 1. The molecule has 4 nitrogen and oxygen atoms in total. The molecule has 1 aromatic carbocycles. The second-order valence-electron chi connectivity index (χ2n) is 4.90. The highest BCUT2D eigenvalue weighted by molar-refractivity contribution is 6.30.